The van der Waals surface area contributed by atoms with Crippen LogP contribution in [0.3, 0.4) is 0 Å². The molecule has 4 N–H and O–H groups in total. The summed E-state index contributed by atoms with van der Waals surface area (Å²) in [7, 11) is 0. The van der Waals surface area contributed by atoms with Crippen molar-refractivity contribution >= 4 is 12.4 Å². The Hall–Kier alpha value is -1.75. The second-order valence-corrected chi connectivity index (χ2v) is 5.00. The van der Waals surface area contributed by atoms with Gasteiger partial charge >= 0.3 is 0 Å². The van der Waals surface area contributed by atoms with Crippen LogP contribution in [0.15, 0.2) is 48.5 Å². The first kappa shape index (κ1) is 18.3. The predicted octanol–water partition coefficient (Wildman–Crippen LogP) is 3.16. The normalized spacial score (nSPS) is 13.0. The van der Waals surface area contributed by atoms with Gasteiger partial charge in [0.25, 0.3) is 0 Å². The Balaban J connectivity index is 0.00000242. The van der Waals surface area contributed by atoms with Gasteiger partial charge in [-0.3, -0.25) is 0 Å². The van der Waals surface area contributed by atoms with Crippen LogP contribution in [0.2, 0.25) is 0 Å². The Bertz CT molecular complexity index is 577. The maximum Gasteiger partial charge on any atom is 0.124 e. The van der Waals surface area contributed by atoms with Gasteiger partial charge in [-0.1, -0.05) is 37.3 Å². The van der Waals surface area contributed by atoms with E-state index in [1.54, 1.807) is 12.1 Å². The quantitative estimate of drug-likeness (QED) is 0.763. The lowest BCUT2D eigenvalue weighted by atomic mass is 9.99. The molecule has 2 atom stereocenters. The fourth-order valence-electron chi connectivity index (χ4n) is 2.10. The molecular weight excluding hydrogens is 302 g/mol. The molecule has 4 nitrogen and oxygen atoms in total. The highest BCUT2D eigenvalue weighted by molar-refractivity contribution is 5.85. The third-order valence-electron chi connectivity index (χ3n) is 3.44. The highest BCUT2D eigenvalue weighted by atomic mass is 35.5. The number of nitrogens with two attached hydrogens (primary N) is 1. The standard InChI is InChI=1S/C17H21NO3.ClH/c1-2-15(19)17(18)14-9-8-13(10-16(14)20)21-11-12-6-4-3-5-7-12;/h3-10,15,17,19-20H,2,11,18H2,1H3;1H/t15-,17+;/m0./s1. The lowest BCUT2D eigenvalue weighted by Crippen LogP contribution is -2.25. The second-order valence-electron chi connectivity index (χ2n) is 5.00. The molecule has 0 saturated carbocycles. The molecule has 2 aromatic carbocycles. The van der Waals surface area contributed by atoms with E-state index in [9.17, 15) is 10.2 Å². The van der Waals surface area contributed by atoms with Crippen LogP contribution in [0.25, 0.3) is 0 Å². The van der Waals surface area contributed by atoms with Crippen LogP contribution in [0.4, 0.5) is 0 Å². The lowest BCUT2D eigenvalue weighted by Gasteiger charge is -2.19. The number of ether oxygens (including phenoxy) is 1. The van der Waals surface area contributed by atoms with Gasteiger partial charge in [0, 0.05) is 11.6 Å². The van der Waals surface area contributed by atoms with E-state index in [0.717, 1.165) is 5.56 Å². The fraction of sp³-hybridized carbons (Fsp3) is 0.294. The summed E-state index contributed by atoms with van der Waals surface area (Å²) in [6, 6.07) is 14.2. The molecule has 2 rings (SSSR count). The van der Waals surface area contributed by atoms with Gasteiger partial charge in [-0.15, -0.1) is 12.4 Å². The van der Waals surface area contributed by atoms with E-state index in [4.69, 9.17) is 10.5 Å². The summed E-state index contributed by atoms with van der Waals surface area (Å²) in [6.45, 7) is 2.28. The number of aliphatic hydroxyl groups excluding tert-OH is 1. The van der Waals surface area contributed by atoms with Crippen LogP contribution in [-0.4, -0.2) is 16.3 Å². The Morgan fingerprint density at radius 1 is 1.14 bits per heavy atom. The average Bonchev–Trinajstić information content (AvgIpc) is 2.52. The monoisotopic (exact) mass is 323 g/mol. The predicted molar refractivity (Wildman–Crippen MR) is 89.4 cm³/mol. The first-order chi connectivity index (χ1) is 10.1. The first-order valence-electron chi connectivity index (χ1n) is 7.05. The topological polar surface area (TPSA) is 75.7 Å². The fourth-order valence-corrected chi connectivity index (χ4v) is 2.10. The van der Waals surface area contributed by atoms with E-state index in [-0.39, 0.29) is 18.2 Å². The zero-order valence-electron chi connectivity index (χ0n) is 12.5. The molecule has 0 aliphatic heterocycles. The minimum atomic E-state index is -0.674. The molecule has 0 amide bonds. The molecule has 2 aromatic rings. The van der Waals surface area contributed by atoms with Crippen LogP contribution in [-0.2, 0) is 6.61 Å². The van der Waals surface area contributed by atoms with Crippen molar-refractivity contribution in [3.05, 3.63) is 59.7 Å². The number of hydrogen-bond acceptors (Lipinski definition) is 4. The van der Waals surface area contributed by atoms with Crippen LogP contribution >= 0.6 is 12.4 Å². The summed E-state index contributed by atoms with van der Waals surface area (Å²) in [5.41, 5.74) is 7.49. The number of benzene rings is 2. The largest absolute Gasteiger partial charge is 0.507 e. The molecular formula is C17H22ClNO3. The van der Waals surface area contributed by atoms with E-state index in [1.165, 1.54) is 6.07 Å². The van der Waals surface area contributed by atoms with Gasteiger partial charge in [-0.05, 0) is 24.1 Å². The zero-order chi connectivity index (χ0) is 15.2. The molecule has 5 heteroatoms. The average molecular weight is 324 g/mol. The third kappa shape index (κ3) is 4.63. The van der Waals surface area contributed by atoms with Crippen molar-refractivity contribution < 1.29 is 14.9 Å². The van der Waals surface area contributed by atoms with Crippen molar-refractivity contribution in [1.29, 1.82) is 0 Å². The first-order valence-corrected chi connectivity index (χ1v) is 7.05. The van der Waals surface area contributed by atoms with Crippen molar-refractivity contribution in [3.63, 3.8) is 0 Å². The summed E-state index contributed by atoms with van der Waals surface area (Å²) in [5, 5.41) is 19.8. The molecule has 22 heavy (non-hydrogen) atoms. The maximum absolute atomic E-state index is 10.0. The molecule has 120 valence electrons. The van der Waals surface area contributed by atoms with Gasteiger partial charge in [-0.2, -0.15) is 0 Å². The van der Waals surface area contributed by atoms with Gasteiger partial charge in [0.2, 0.25) is 0 Å². The number of phenols is 1. The molecule has 0 aromatic heterocycles. The number of halogens is 1. The number of aromatic hydroxyl groups is 1. The molecule has 0 unspecified atom stereocenters. The van der Waals surface area contributed by atoms with E-state index < -0.39 is 12.1 Å². The highest BCUT2D eigenvalue weighted by Crippen LogP contribution is 2.30. The Labute approximate surface area is 137 Å². The Kier molecular flexibility index (Phi) is 7.18. The molecule has 0 fully saturated rings. The Morgan fingerprint density at radius 2 is 1.82 bits per heavy atom. The summed E-state index contributed by atoms with van der Waals surface area (Å²) < 4.78 is 5.63. The maximum atomic E-state index is 10.0. The number of phenolic OH excluding ortho intramolecular Hbond substituents is 1. The van der Waals surface area contributed by atoms with Crippen LogP contribution in [0.5, 0.6) is 11.5 Å². The van der Waals surface area contributed by atoms with Gasteiger partial charge in [0.05, 0.1) is 12.1 Å². The highest BCUT2D eigenvalue weighted by Gasteiger charge is 2.18. The molecule has 0 bridgehead atoms. The summed E-state index contributed by atoms with van der Waals surface area (Å²) in [4.78, 5) is 0. The minimum absolute atomic E-state index is 0. The number of aliphatic hydroxyl groups is 1. The minimum Gasteiger partial charge on any atom is -0.507 e. The smallest absolute Gasteiger partial charge is 0.124 e. The van der Waals surface area contributed by atoms with E-state index >= 15 is 0 Å². The van der Waals surface area contributed by atoms with Gasteiger partial charge < -0.3 is 20.7 Å². The number of rotatable bonds is 6. The van der Waals surface area contributed by atoms with Crippen LogP contribution in [0.1, 0.15) is 30.5 Å². The molecule has 0 aliphatic rings. The lowest BCUT2D eigenvalue weighted by molar-refractivity contribution is 0.139. The zero-order valence-corrected chi connectivity index (χ0v) is 13.3. The van der Waals surface area contributed by atoms with E-state index in [2.05, 4.69) is 0 Å². The van der Waals surface area contributed by atoms with Gasteiger partial charge in [0.1, 0.15) is 18.1 Å². The van der Waals surface area contributed by atoms with Crippen LogP contribution < -0.4 is 10.5 Å². The molecule has 0 heterocycles. The third-order valence-corrected chi connectivity index (χ3v) is 3.44. The SMILES string of the molecule is CC[C@H](O)[C@H](N)c1ccc(OCc2ccccc2)cc1O.Cl. The van der Waals surface area contributed by atoms with Crippen molar-refractivity contribution in [2.45, 2.75) is 32.1 Å². The van der Waals surface area contributed by atoms with Crippen LogP contribution in [0, 0.1) is 0 Å². The molecule has 0 spiro atoms. The van der Waals surface area contributed by atoms with E-state index in [0.29, 0.717) is 24.3 Å². The van der Waals surface area contributed by atoms with Crippen molar-refractivity contribution in [2.24, 2.45) is 5.73 Å². The summed E-state index contributed by atoms with van der Waals surface area (Å²) in [5.74, 6) is 0.610. The summed E-state index contributed by atoms with van der Waals surface area (Å²) >= 11 is 0. The van der Waals surface area contributed by atoms with Crippen molar-refractivity contribution in [2.75, 3.05) is 0 Å². The van der Waals surface area contributed by atoms with Crippen molar-refractivity contribution in [1.82, 2.24) is 0 Å². The van der Waals surface area contributed by atoms with Gasteiger partial charge in [0.15, 0.2) is 0 Å². The van der Waals surface area contributed by atoms with E-state index in [1.807, 2.05) is 37.3 Å². The Morgan fingerprint density at radius 3 is 2.41 bits per heavy atom. The van der Waals surface area contributed by atoms with Gasteiger partial charge in [-0.25, -0.2) is 0 Å². The van der Waals surface area contributed by atoms with Crippen molar-refractivity contribution in [3.8, 4) is 11.5 Å². The summed E-state index contributed by atoms with van der Waals surface area (Å²) in [6.07, 6.45) is -0.139. The number of hydrogen-bond donors (Lipinski definition) is 3. The molecule has 0 radical (unpaired) electrons. The molecule has 0 aliphatic carbocycles. The molecule has 0 saturated heterocycles. The second kappa shape index (κ2) is 8.63.